The van der Waals surface area contributed by atoms with E-state index in [0.29, 0.717) is 6.54 Å². The van der Waals surface area contributed by atoms with Crippen molar-refractivity contribution in [1.29, 1.82) is 0 Å². The van der Waals surface area contributed by atoms with Crippen molar-refractivity contribution in [1.82, 2.24) is 4.90 Å². The first-order valence-corrected chi connectivity index (χ1v) is 3.99. The molecule has 1 heterocycles. The predicted molar refractivity (Wildman–Crippen MR) is 46.6 cm³/mol. The standard InChI is InChI=1S/C9H13NO2/c1-3-8-5-4-6-10(7-8)9(11)12-2/h4-5,7H,3,6H2,1-2H3. The summed E-state index contributed by atoms with van der Waals surface area (Å²) in [6.07, 6.45) is 6.44. The van der Waals surface area contributed by atoms with E-state index in [1.807, 2.05) is 18.4 Å². The number of amides is 1. The normalized spacial score (nSPS) is 15.8. The maximum atomic E-state index is 11.1. The van der Waals surface area contributed by atoms with E-state index in [1.165, 1.54) is 7.11 Å². The van der Waals surface area contributed by atoms with Gasteiger partial charge in [-0.05, 0) is 12.0 Å². The highest BCUT2D eigenvalue weighted by atomic mass is 16.5. The van der Waals surface area contributed by atoms with Crippen LogP contribution < -0.4 is 0 Å². The Balaban J connectivity index is 2.65. The van der Waals surface area contributed by atoms with Crippen LogP contribution in [0.4, 0.5) is 4.79 Å². The van der Waals surface area contributed by atoms with Gasteiger partial charge < -0.3 is 4.74 Å². The first-order valence-electron chi connectivity index (χ1n) is 3.99. The van der Waals surface area contributed by atoms with Crippen LogP contribution in [-0.4, -0.2) is 24.6 Å². The Labute approximate surface area is 72.3 Å². The largest absolute Gasteiger partial charge is 0.452 e. The number of carbonyl (C=O) groups excluding carboxylic acids is 1. The Morgan fingerprint density at radius 1 is 1.75 bits per heavy atom. The smallest absolute Gasteiger partial charge is 0.413 e. The van der Waals surface area contributed by atoms with Gasteiger partial charge >= 0.3 is 6.09 Å². The predicted octanol–water partition coefficient (Wildman–Crippen LogP) is 1.92. The van der Waals surface area contributed by atoms with E-state index in [1.54, 1.807) is 4.90 Å². The van der Waals surface area contributed by atoms with Gasteiger partial charge in [-0.2, -0.15) is 0 Å². The van der Waals surface area contributed by atoms with Crippen molar-refractivity contribution >= 4 is 6.09 Å². The molecular weight excluding hydrogens is 154 g/mol. The van der Waals surface area contributed by atoms with E-state index in [9.17, 15) is 4.79 Å². The minimum Gasteiger partial charge on any atom is -0.452 e. The molecule has 1 aliphatic heterocycles. The van der Waals surface area contributed by atoms with Crippen molar-refractivity contribution in [3.05, 3.63) is 23.9 Å². The maximum Gasteiger partial charge on any atom is 0.413 e. The van der Waals surface area contributed by atoms with Crippen LogP contribution in [0.1, 0.15) is 13.3 Å². The summed E-state index contributed by atoms with van der Waals surface area (Å²) < 4.78 is 4.59. The van der Waals surface area contributed by atoms with Crippen LogP contribution in [0.3, 0.4) is 0 Å². The first-order chi connectivity index (χ1) is 5.77. The highest BCUT2D eigenvalue weighted by Crippen LogP contribution is 2.11. The van der Waals surface area contributed by atoms with Crippen LogP contribution in [0.25, 0.3) is 0 Å². The number of methoxy groups -OCH3 is 1. The van der Waals surface area contributed by atoms with Gasteiger partial charge in [0.2, 0.25) is 0 Å². The van der Waals surface area contributed by atoms with Crippen molar-refractivity contribution in [3.8, 4) is 0 Å². The van der Waals surface area contributed by atoms with Gasteiger partial charge in [-0.15, -0.1) is 0 Å². The number of allylic oxidation sites excluding steroid dienone is 2. The summed E-state index contributed by atoms with van der Waals surface area (Å²) in [6, 6.07) is 0. The molecule has 0 radical (unpaired) electrons. The molecule has 0 aliphatic carbocycles. The molecule has 1 rings (SSSR count). The van der Waals surface area contributed by atoms with E-state index in [2.05, 4.69) is 11.7 Å². The zero-order valence-electron chi connectivity index (χ0n) is 7.41. The Morgan fingerprint density at radius 3 is 3.08 bits per heavy atom. The lowest BCUT2D eigenvalue weighted by Gasteiger charge is -2.19. The molecule has 12 heavy (non-hydrogen) atoms. The molecule has 3 heteroatoms. The lowest BCUT2D eigenvalue weighted by molar-refractivity contribution is 0.142. The summed E-state index contributed by atoms with van der Waals surface area (Å²) in [7, 11) is 1.39. The minimum atomic E-state index is -0.301. The number of carbonyl (C=O) groups is 1. The highest BCUT2D eigenvalue weighted by molar-refractivity contribution is 5.69. The lowest BCUT2D eigenvalue weighted by Crippen LogP contribution is -2.27. The van der Waals surface area contributed by atoms with Gasteiger partial charge in [-0.3, -0.25) is 4.90 Å². The summed E-state index contributed by atoms with van der Waals surface area (Å²) >= 11 is 0. The fourth-order valence-electron chi connectivity index (χ4n) is 1.07. The zero-order chi connectivity index (χ0) is 8.97. The van der Waals surface area contributed by atoms with Gasteiger partial charge in [-0.1, -0.05) is 19.1 Å². The molecule has 1 aliphatic rings. The molecule has 1 amide bonds. The third kappa shape index (κ3) is 1.87. The summed E-state index contributed by atoms with van der Waals surface area (Å²) in [4.78, 5) is 12.6. The second kappa shape index (κ2) is 3.95. The van der Waals surface area contributed by atoms with Crippen molar-refractivity contribution in [2.75, 3.05) is 13.7 Å². The summed E-state index contributed by atoms with van der Waals surface area (Å²) in [5.41, 5.74) is 1.15. The second-order valence-corrected chi connectivity index (χ2v) is 2.58. The number of hydrogen-bond acceptors (Lipinski definition) is 2. The third-order valence-electron chi connectivity index (χ3n) is 1.77. The number of ether oxygens (including phenoxy) is 1. The maximum absolute atomic E-state index is 11.1. The third-order valence-corrected chi connectivity index (χ3v) is 1.77. The average Bonchev–Trinajstić information content (AvgIpc) is 2.17. The molecule has 0 unspecified atom stereocenters. The van der Waals surface area contributed by atoms with Gasteiger partial charge in [-0.25, -0.2) is 4.79 Å². The van der Waals surface area contributed by atoms with Crippen molar-refractivity contribution in [2.45, 2.75) is 13.3 Å². The lowest BCUT2D eigenvalue weighted by atomic mass is 10.1. The van der Waals surface area contributed by atoms with Crippen molar-refractivity contribution in [2.24, 2.45) is 0 Å². The molecule has 0 saturated carbocycles. The fraction of sp³-hybridized carbons (Fsp3) is 0.444. The van der Waals surface area contributed by atoms with Crippen LogP contribution in [0.5, 0.6) is 0 Å². The molecule has 66 valence electrons. The van der Waals surface area contributed by atoms with E-state index < -0.39 is 0 Å². The van der Waals surface area contributed by atoms with Crippen LogP contribution in [-0.2, 0) is 4.74 Å². The van der Waals surface area contributed by atoms with E-state index in [4.69, 9.17) is 0 Å². The molecule has 0 aromatic carbocycles. The van der Waals surface area contributed by atoms with Gasteiger partial charge in [0.1, 0.15) is 0 Å². The number of nitrogens with zero attached hydrogens (tertiary/aromatic N) is 1. The number of hydrogen-bond donors (Lipinski definition) is 0. The molecule has 0 atom stereocenters. The van der Waals surface area contributed by atoms with Gasteiger partial charge in [0, 0.05) is 12.7 Å². The molecule has 3 nitrogen and oxygen atoms in total. The van der Waals surface area contributed by atoms with Gasteiger partial charge in [0.15, 0.2) is 0 Å². The molecule has 0 bridgehead atoms. The summed E-state index contributed by atoms with van der Waals surface area (Å²) in [5, 5.41) is 0. The fourth-order valence-corrected chi connectivity index (χ4v) is 1.07. The Morgan fingerprint density at radius 2 is 2.50 bits per heavy atom. The zero-order valence-corrected chi connectivity index (χ0v) is 7.41. The average molecular weight is 167 g/mol. The van der Waals surface area contributed by atoms with Crippen LogP contribution in [0.15, 0.2) is 23.9 Å². The van der Waals surface area contributed by atoms with Crippen LogP contribution >= 0.6 is 0 Å². The SMILES string of the molecule is CCC1=CN(C(=O)OC)CC=C1. The molecular formula is C9H13NO2. The molecule has 0 aromatic heterocycles. The van der Waals surface area contributed by atoms with Crippen LogP contribution in [0.2, 0.25) is 0 Å². The van der Waals surface area contributed by atoms with Crippen molar-refractivity contribution < 1.29 is 9.53 Å². The topological polar surface area (TPSA) is 29.5 Å². The summed E-state index contributed by atoms with van der Waals surface area (Å²) in [5.74, 6) is 0. The molecule has 0 N–H and O–H groups in total. The highest BCUT2D eigenvalue weighted by Gasteiger charge is 2.11. The van der Waals surface area contributed by atoms with Crippen LogP contribution in [0, 0.1) is 0 Å². The monoisotopic (exact) mass is 167 g/mol. The van der Waals surface area contributed by atoms with Crippen molar-refractivity contribution in [3.63, 3.8) is 0 Å². The number of rotatable bonds is 1. The molecule has 0 saturated heterocycles. The summed E-state index contributed by atoms with van der Waals surface area (Å²) in [6.45, 7) is 2.66. The Bertz CT molecular complexity index is 231. The van der Waals surface area contributed by atoms with Gasteiger partial charge in [0.05, 0.1) is 7.11 Å². The Hall–Kier alpha value is -1.25. The van der Waals surface area contributed by atoms with E-state index in [0.717, 1.165) is 12.0 Å². The minimum absolute atomic E-state index is 0.301. The molecule has 0 fully saturated rings. The molecule has 0 aromatic rings. The molecule has 0 spiro atoms. The second-order valence-electron chi connectivity index (χ2n) is 2.58. The Kier molecular flexibility index (Phi) is 2.91. The van der Waals surface area contributed by atoms with E-state index >= 15 is 0 Å². The van der Waals surface area contributed by atoms with E-state index in [-0.39, 0.29) is 6.09 Å². The van der Waals surface area contributed by atoms with Gasteiger partial charge in [0.25, 0.3) is 0 Å². The quantitative estimate of drug-likeness (QED) is 0.597. The first kappa shape index (κ1) is 8.84.